The number of para-hydroxylation sites is 1. The number of halogens is 1. The number of rotatable bonds is 10. The largest absolute Gasteiger partial charge is 0.493 e. The molecule has 0 bridgehead atoms. The van der Waals surface area contributed by atoms with Crippen LogP contribution in [0.5, 0.6) is 5.75 Å². The van der Waals surface area contributed by atoms with E-state index in [2.05, 4.69) is 86.7 Å². The van der Waals surface area contributed by atoms with E-state index >= 15 is 0 Å². The predicted octanol–water partition coefficient (Wildman–Crippen LogP) is 8.44. The third-order valence-corrected chi connectivity index (χ3v) is 12.5. The van der Waals surface area contributed by atoms with Gasteiger partial charge in [-0.1, -0.05) is 67.4 Å². The second-order valence-corrected chi connectivity index (χ2v) is 14.4. The fourth-order valence-electron chi connectivity index (χ4n) is 4.77. The minimum absolute atomic E-state index is 0.132. The van der Waals surface area contributed by atoms with E-state index in [-0.39, 0.29) is 5.60 Å². The monoisotopic (exact) mass is 480 g/mol. The Bertz CT molecular complexity index is 658. The summed E-state index contributed by atoms with van der Waals surface area (Å²) in [5, 5.41) is 0. The van der Waals surface area contributed by atoms with Crippen LogP contribution < -0.4 is 4.74 Å². The van der Waals surface area contributed by atoms with Crippen molar-refractivity contribution >= 4 is 24.2 Å². The molecule has 0 radical (unpaired) electrons. The van der Waals surface area contributed by atoms with Crippen LogP contribution in [0.2, 0.25) is 18.1 Å². The molecule has 1 aliphatic carbocycles. The highest BCUT2D eigenvalue weighted by molar-refractivity contribution is 9.11. The molecule has 4 heteroatoms. The van der Waals surface area contributed by atoms with E-state index < -0.39 is 8.32 Å². The van der Waals surface area contributed by atoms with Gasteiger partial charge in [-0.3, -0.25) is 0 Å². The van der Waals surface area contributed by atoms with Gasteiger partial charge in [0.25, 0.3) is 0 Å². The van der Waals surface area contributed by atoms with E-state index in [9.17, 15) is 0 Å². The lowest BCUT2D eigenvalue weighted by molar-refractivity contribution is 0.0687. The van der Waals surface area contributed by atoms with Gasteiger partial charge in [0.1, 0.15) is 5.75 Å². The zero-order valence-electron chi connectivity index (χ0n) is 19.4. The van der Waals surface area contributed by atoms with Crippen molar-refractivity contribution in [3.63, 3.8) is 0 Å². The van der Waals surface area contributed by atoms with Crippen molar-refractivity contribution in [2.24, 2.45) is 5.92 Å². The molecule has 2 atom stereocenters. The molecule has 1 aromatic carbocycles. The molecule has 2 nitrogen and oxygen atoms in total. The van der Waals surface area contributed by atoms with Crippen molar-refractivity contribution in [3.05, 3.63) is 40.4 Å². The Kier molecular flexibility index (Phi) is 9.49. The molecular weight excluding hydrogens is 440 g/mol. The summed E-state index contributed by atoms with van der Waals surface area (Å²) in [5.74, 6) is 2.15. The Labute approximate surface area is 188 Å². The van der Waals surface area contributed by atoms with E-state index in [1.54, 1.807) is 0 Å². The van der Waals surface area contributed by atoms with Crippen LogP contribution in [0.4, 0.5) is 0 Å². The van der Waals surface area contributed by atoms with Gasteiger partial charge in [0.2, 0.25) is 0 Å². The first-order valence-corrected chi connectivity index (χ1v) is 15.0. The number of hydrogen-bond donors (Lipinski definition) is 0. The summed E-state index contributed by atoms with van der Waals surface area (Å²) in [6, 6.07) is 12.2. The molecule has 1 fully saturated rings. The molecule has 1 aromatic rings. The minimum Gasteiger partial charge on any atom is -0.493 e. The molecule has 0 heterocycles. The topological polar surface area (TPSA) is 18.5 Å². The second-order valence-electron chi connectivity index (χ2n) is 9.21. The van der Waals surface area contributed by atoms with Crippen molar-refractivity contribution in [2.75, 3.05) is 6.61 Å². The normalized spacial score (nSPS) is 22.1. The summed E-state index contributed by atoms with van der Waals surface area (Å²) in [6.45, 7) is 14.4. The second kappa shape index (κ2) is 11.2. The Hall–Kier alpha value is -0.583. The van der Waals surface area contributed by atoms with E-state index in [1.807, 2.05) is 0 Å². The maximum atomic E-state index is 6.75. The van der Waals surface area contributed by atoms with Crippen LogP contribution in [-0.4, -0.2) is 20.5 Å². The van der Waals surface area contributed by atoms with Crippen molar-refractivity contribution in [3.8, 4) is 5.75 Å². The van der Waals surface area contributed by atoms with Crippen LogP contribution in [0.1, 0.15) is 78.7 Å². The van der Waals surface area contributed by atoms with E-state index in [0.29, 0.717) is 18.4 Å². The van der Waals surface area contributed by atoms with E-state index in [4.69, 9.17) is 9.16 Å². The minimum atomic E-state index is -1.61. The molecule has 0 aliphatic heterocycles. The molecule has 0 amide bonds. The smallest absolute Gasteiger partial charge is 0.192 e. The zero-order valence-corrected chi connectivity index (χ0v) is 22.0. The summed E-state index contributed by atoms with van der Waals surface area (Å²) in [6.07, 6.45) is 4.61. The van der Waals surface area contributed by atoms with Gasteiger partial charge >= 0.3 is 0 Å². The number of ether oxygens (including phenoxy) is 1. The molecule has 1 saturated carbocycles. The Morgan fingerprint density at radius 3 is 2.41 bits per heavy atom. The van der Waals surface area contributed by atoms with Gasteiger partial charge in [-0.15, -0.1) is 0 Å². The third kappa shape index (κ3) is 6.45. The summed E-state index contributed by atoms with van der Waals surface area (Å²) in [4.78, 5) is 2.14. The summed E-state index contributed by atoms with van der Waals surface area (Å²) < 4.78 is 13.1. The molecule has 164 valence electrons. The van der Waals surface area contributed by atoms with E-state index in [0.717, 1.165) is 12.2 Å². The molecule has 0 N–H and O–H groups in total. The molecule has 0 aromatic heterocycles. The van der Waals surface area contributed by atoms with E-state index in [1.165, 1.54) is 48.5 Å². The molecule has 29 heavy (non-hydrogen) atoms. The van der Waals surface area contributed by atoms with Crippen LogP contribution in [0.15, 0.2) is 34.8 Å². The fraction of sp³-hybridized carbons (Fsp3) is 0.680. The van der Waals surface area contributed by atoms with Crippen LogP contribution in [0.3, 0.4) is 0 Å². The van der Waals surface area contributed by atoms with Crippen LogP contribution >= 0.6 is 15.9 Å². The van der Waals surface area contributed by atoms with Crippen LogP contribution in [0, 0.1) is 5.92 Å². The average Bonchev–Trinajstić information content (AvgIpc) is 2.73. The third-order valence-electron chi connectivity index (χ3n) is 7.02. The maximum absolute atomic E-state index is 6.75. The maximum Gasteiger partial charge on any atom is 0.192 e. The highest BCUT2D eigenvalue weighted by atomic mass is 79.9. The van der Waals surface area contributed by atoms with Gasteiger partial charge in [-0.2, -0.15) is 0 Å². The molecule has 0 unspecified atom stereocenters. The first-order chi connectivity index (χ1) is 13.8. The zero-order chi connectivity index (χ0) is 21.5. The number of hydrogen-bond acceptors (Lipinski definition) is 2. The van der Waals surface area contributed by atoms with Gasteiger partial charge in [0.05, 0.1) is 12.2 Å². The molecular formula is C25H41BrO2Si. The SMILES string of the molecule is CC[Si](CC)(CC)OC(C)(C)CCOc1ccccc1[C@H]1CCC/C(=C\Br)[C@@H]1C. The summed E-state index contributed by atoms with van der Waals surface area (Å²) in [7, 11) is -1.61. The lowest BCUT2D eigenvalue weighted by Gasteiger charge is -2.38. The van der Waals surface area contributed by atoms with Crippen LogP contribution in [0.25, 0.3) is 0 Å². The van der Waals surface area contributed by atoms with Gasteiger partial charge in [-0.25, -0.2) is 0 Å². The highest BCUT2D eigenvalue weighted by Gasteiger charge is 2.35. The number of allylic oxidation sites excluding steroid dienone is 1. The van der Waals surface area contributed by atoms with Gasteiger partial charge in [0, 0.05) is 6.42 Å². The average molecular weight is 482 g/mol. The highest BCUT2D eigenvalue weighted by Crippen LogP contribution is 2.44. The quantitative estimate of drug-likeness (QED) is 0.312. The lowest BCUT2D eigenvalue weighted by atomic mass is 9.74. The Morgan fingerprint density at radius 2 is 1.79 bits per heavy atom. The molecule has 1 aliphatic rings. The Balaban J connectivity index is 2.05. The standard InChI is InChI=1S/C25H41BrO2Si/c1-7-29(8-2,9-3)28-25(5,6)17-18-27-24-16-11-10-14-23(24)22-15-12-13-21(19-26)20(22)4/h10-11,14,16,19-20,22H,7-9,12-13,15,17-18H2,1-6H3/b21-19+/t20-,22-/m0/s1. The van der Waals surface area contributed by atoms with Crippen molar-refractivity contribution in [2.45, 2.75) is 96.9 Å². The van der Waals surface area contributed by atoms with Gasteiger partial charge in [0.15, 0.2) is 8.32 Å². The summed E-state index contributed by atoms with van der Waals surface area (Å²) in [5.41, 5.74) is 2.75. The lowest BCUT2D eigenvalue weighted by Crippen LogP contribution is -2.45. The van der Waals surface area contributed by atoms with Gasteiger partial charge in [-0.05, 0) is 79.7 Å². The molecule has 0 spiro atoms. The molecule has 0 saturated heterocycles. The van der Waals surface area contributed by atoms with Crippen molar-refractivity contribution in [1.29, 1.82) is 0 Å². The summed E-state index contributed by atoms with van der Waals surface area (Å²) >= 11 is 3.57. The predicted molar refractivity (Wildman–Crippen MR) is 132 cm³/mol. The first-order valence-electron chi connectivity index (χ1n) is 11.5. The first kappa shape index (κ1) is 24.7. The molecule has 2 rings (SSSR count). The van der Waals surface area contributed by atoms with Crippen molar-refractivity contribution < 1.29 is 9.16 Å². The van der Waals surface area contributed by atoms with Crippen LogP contribution in [-0.2, 0) is 4.43 Å². The Morgan fingerprint density at radius 1 is 1.14 bits per heavy atom. The fourth-order valence-corrected chi connectivity index (χ4v) is 8.62. The van der Waals surface area contributed by atoms with Gasteiger partial charge < -0.3 is 9.16 Å². The number of benzene rings is 1. The van der Waals surface area contributed by atoms with Crippen molar-refractivity contribution in [1.82, 2.24) is 0 Å².